The Morgan fingerprint density at radius 3 is 2.46 bits per heavy atom. The third-order valence-corrected chi connectivity index (χ3v) is 6.04. The smallest absolute Gasteiger partial charge is 0.266 e. The molecule has 0 fully saturated rings. The molecule has 136 valence electrons. The highest BCUT2D eigenvalue weighted by molar-refractivity contribution is 7.90. The summed E-state index contributed by atoms with van der Waals surface area (Å²) in [4.78, 5) is 0. The fraction of sp³-hybridized carbons (Fsp3) is 0.111. The van der Waals surface area contributed by atoms with Crippen molar-refractivity contribution in [3.05, 3.63) is 78.3 Å². The Kier molecular flexibility index (Phi) is 4.53. The molecule has 0 aliphatic carbocycles. The van der Waals surface area contributed by atoms with E-state index >= 15 is 0 Å². The van der Waals surface area contributed by atoms with Gasteiger partial charge in [0.2, 0.25) is 10.0 Å². The molecular weight excluding hydrogens is 365 g/mol. The molecule has 2 N–H and O–H groups in total. The summed E-state index contributed by atoms with van der Waals surface area (Å²) < 4.78 is 67.3. The standard InChI is InChI=1S/C18H15F3N2O2S/c1-2-16(11-5-3-6-12(19)9-11)26(24,25)23-10-13(18(20)21)17-14(22)7-4-8-15(17)23/h2-10,16,18H,1,22H2. The van der Waals surface area contributed by atoms with Crippen LogP contribution in [-0.2, 0) is 10.0 Å². The van der Waals surface area contributed by atoms with Crippen LogP contribution in [-0.4, -0.2) is 12.4 Å². The predicted octanol–water partition coefficient (Wildman–Crippen LogP) is 4.41. The van der Waals surface area contributed by atoms with Crippen LogP contribution >= 0.6 is 0 Å². The number of nitrogens with zero attached hydrogens (tertiary/aromatic N) is 1. The first-order valence-electron chi connectivity index (χ1n) is 7.57. The van der Waals surface area contributed by atoms with E-state index in [2.05, 4.69) is 6.58 Å². The van der Waals surface area contributed by atoms with Gasteiger partial charge in [-0.05, 0) is 29.8 Å². The highest BCUT2D eigenvalue weighted by Crippen LogP contribution is 2.37. The van der Waals surface area contributed by atoms with Crippen LogP contribution in [0.15, 0.2) is 61.3 Å². The lowest BCUT2D eigenvalue weighted by Gasteiger charge is -2.16. The van der Waals surface area contributed by atoms with Crippen LogP contribution in [0.3, 0.4) is 0 Å². The minimum Gasteiger partial charge on any atom is -0.398 e. The summed E-state index contributed by atoms with van der Waals surface area (Å²) in [6, 6.07) is 9.33. The van der Waals surface area contributed by atoms with Gasteiger partial charge in [0.25, 0.3) is 6.43 Å². The Balaban J connectivity index is 2.27. The second-order valence-corrected chi connectivity index (χ2v) is 7.61. The van der Waals surface area contributed by atoms with E-state index in [4.69, 9.17) is 5.73 Å². The maximum absolute atomic E-state index is 13.5. The summed E-state index contributed by atoms with van der Waals surface area (Å²) in [6.45, 7) is 3.51. The maximum Gasteiger partial charge on any atom is 0.266 e. The minimum atomic E-state index is -4.23. The van der Waals surface area contributed by atoms with Crippen molar-refractivity contribution in [3.63, 3.8) is 0 Å². The van der Waals surface area contributed by atoms with E-state index in [0.29, 0.717) is 0 Å². The third kappa shape index (κ3) is 2.86. The van der Waals surface area contributed by atoms with Crippen molar-refractivity contribution in [2.75, 3.05) is 5.73 Å². The van der Waals surface area contributed by atoms with E-state index in [1.54, 1.807) is 0 Å². The monoisotopic (exact) mass is 380 g/mol. The third-order valence-electron chi connectivity index (χ3n) is 4.08. The van der Waals surface area contributed by atoms with Crippen molar-refractivity contribution < 1.29 is 21.6 Å². The van der Waals surface area contributed by atoms with Gasteiger partial charge in [0, 0.05) is 22.8 Å². The molecule has 3 aromatic rings. The number of nitrogens with two attached hydrogens (primary N) is 1. The van der Waals surface area contributed by atoms with Gasteiger partial charge in [-0.1, -0.05) is 24.3 Å². The number of fused-ring (bicyclic) bond motifs is 1. The van der Waals surface area contributed by atoms with Gasteiger partial charge < -0.3 is 5.73 Å². The van der Waals surface area contributed by atoms with Gasteiger partial charge in [0.15, 0.2) is 0 Å². The number of aromatic nitrogens is 1. The van der Waals surface area contributed by atoms with E-state index in [1.165, 1.54) is 36.4 Å². The summed E-state index contributed by atoms with van der Waals surface area (Å²) in [5, 5.41) is -1.34. The molecule has 1 unspecified atom stereocenters. The zero-order chi connectivity index (χ0) is 19.1. The van der Waals surface area contributed by atoms with E-state index in [0.717, 1.165) is 22.3 Å². The molecule has 3 rings (SSSR count). The zero-order valence-corrected chi connectivity index (χ0v) is 14.3. The lowest BCUT2D eigenvalue weighted by atomic mass is 10.1. The van der Waals surface area contributed by atoms with Crippen LogP contribution in [0.2, 0.25) is 0 Å². The van der Waals surface area contributed by atoms with Crippen molar-refractivity contribution in [2.45, 2.75) is 11.7 Å². The predicted molar refractivity (Wildman–Crippen MR) is 95.0 cm³/mol. The zero-order valence-electron chi connectivity index (χ0n) is 13.4. The highest BCUT2D eigenvalue weighted by atomic mass is 32.2. The van der Waals surface area contributed by atoms with Gasteiger partial charge in [-0.3, -0.25) is 0 Å². The molecule has 1 atom stereocenters. The van der Waals surface area contributed by atoms with Crippen LogP contribution in [0, 0.1) is 5.82 Å². The Labute approximate surface area is 148 Å². The van der Waals surface area contributed by atoms with Crippen molar-refractivity contribution in [1.29, 1.82) is 0 Å². The number of alkyl halides is 2. The molecule has 0 bridgehead atoms. The quantitative estimate of drug-likeness (QED) is 0.527. The summed E-state index contributed by atoms with van der Waals surface area (Å²) >= 11 is 0. The number of rotatable bonds is 5. The summed E-state index contributed by atoms with van der Waals surface area (Å²) in [7, 11) is -4.23. The number of nitrogen functional groups attached to an aromatic ring is 1. The van der Waals surface area contributed by atoms with Gasteiger partial charge in [0.05, 0.1) is 5.52 Å². The molecule has 0 spiro atoms. The molecule has 0 saturated carbocycles. The number of hydrogen-bond donors (Lipinski definition) is 1. The highest BCUT2D eigenvalue weighted by Gasteiger charge is 2.30. The van der Waals surface area contributed by atoms with Crippen LogP contribution in [0.25, 0.3) is 10.9 Å². The van der Waals surface area contributed by atoms with Crippen LogP contribution < -0.4 is 5.73 Å². The van der Waals surface area contributed by atoms with Crippen LogP contribution in [0.1, 0.15) is 22.8 Å². The molecule has 2 aromatic carbocycles. The number of anilines is 1. The normalized spacial score (nSPS) is 13.2. The van der Waals surface area contributed by atoms with Gasteiger partial charge in [-0.2, -0.15) is 0 Å². The molecule has 0 radical (unpaired) electrons. The van der Waals surface area contributed by atoms with Gasteiger partial charge >= 0.3 is 0 Å². The number of benzene rings is 2. The first-order chi connectivity index (χ1) is 12.3. The van der Waals surface area contributed by atoms with Gasteiger partial charge in [-0.15, -0.1) is 6.58 Å². The second kappa shape index (κ2) is 6.53. The minimum absolute atomic E-state index is 0.0203. The molecule has 1 heterocycles. The molecule has 0 aliphatic rings. The van der Waals surface area contributed by atoms with Crippen molar-refractivity contribution >= 4 is 26.6 Å². The molecule has 0 saturated heterocycles. The lowest BCUT2D eigenvalue weighted by molar-refractivity contribution is 0.153. The molecule has 0 amide bonds. The Hall–Kier alpha value is -2.74. The van der Waals surface area contributed by atoms with Crippen molar-refractivity contribution in [3.8, 4) is 0 Å². The van der Waals surface area contributed by atoms with E-state index in [1.807, 2.05) is 0 Å². The fourth-order valence-electron chi connectivity index (χ4n) is 2.93. The van der Waals surface area contributed by atoms with E-state index in [-0.39, 0.29) is 22.2 Å². The van der Waals surface area contributed by atoms with Crippen molar-refractivity contribution in [2.24, 2.45) is 0 Å². The maximum atomic E-state index is 13.5. The molecule has 8 heteroatoms. The van der Waals surface area contributed by atoms with Gasteiger partial charge in [0.1, 0.15) is 11.1 Å². The average molecular weight is 380 g/mol. The summed E-state index contributed by atoms with van der Waals surface area (Å²) in [5.74, 6) is -0.612. The number of hydrogen-bond acceptors (Lipinski definition) is 3. The molecule has 0 aliphatic heterocycles. The number of halogens is 3. The second-order valence-electron chi connectivity index (χ2n) is 5.68. The van der Waals surface area contributed by atoms with Crippen LogP contribution in [0.4, 0.5) is 18.9 Å². The van der Waals surface area contributed by atoms with E-state index < -0.39 is 33.1 Å². The first kappa shape index (κ1) is 18.1. The summed E-state index contributed by atoms with van der Waals surface area (Å²) in [5.41, 5.74) is 5.52. The lowest BCUT2D eigenvalue weighted by Crippen LogP contribution is -2.19. The summed E-state index contributed by atoms with van der Waals surface area (Å²) in [6.07, 6.45) is -0.920. The molecular formula is C18H15F3N2O2S. The Bertz CT molecular complexity index is 1090. The van der Waals surface area contributed by atoms with Crippen LogP contribution in [0.5, 0.6) is 0 Å². The average Bonchev–Trinajstić information content (AvgIpc) is 2.97. The first-order valence-corrected chi connectivity index (χ1v) is 9.07. The topological polar surface area (TPSA) is 65.1 Å². The van der Waals surface area contributed by atoms with E-state index in [9.17, 15) is 21.6 Å². The molecule has 26 heavy (non-hydrogen) atoms. The SMILES string of the molecule is C=CC(c1cccc(F)c1)S(=O)(=O)n1cc(C(F)F)c2c(N)cccc21. The fourth-order valence-corrected chi connectivity index (χ4v) is 4.59. The van der Waals surface area contributed by atoms with Crippen molar-refractivity contribution in [1.82, 2.24) is 3.97 Å². The van der Waals surface area contributed by atoms with Gasteiger partial charge in [-0.25, -0.2) is 25.6 Å². The Morgan fingerprint density at radius 2 is 1.85 bits per heavy atom. The largest absolute Gasteiger partial charge is 0.398 e. The molecule has 1 aromatic heterocycles. The molecule has 4 nitrogen and oxygen atoms in total. The Morgan fingerprint density at radius 1 is 1.15 bits per heavy atom.